The molecule has 2 heterocycles. The quantitative estimate of drug-likeness (QED) is 0.339. The summed E-state index contributed by atoms with van der Waals surface area (Å²) in [6.45, 7) is 2.05. The van der Waals surface area contributed by atoms with E-state index in [1.165, 1.54) is 6.07 Å². The first-order chi connectivity index (χ1) is 13.2. The predicted octanol–water partition coefficient (Wildman–Crippen LogP) is 4.02. The van der Waals surface area contributed by atoms with Crippen LogP contribution in [0.4, 0.5) is 8.78 Å². The lowest BCUT2D eigenvalue weighted by molar-refractivity contribution is 0.0194. The number of ether oxygens (including phenoxy) is 1. The molecule has 0 aliphatic carbocycles. The minimum Gasteiger partial charge on any atom is -0.469 e. The van der Waals surface area contributed by atoms with E-state index < -0.39 is 11.6 Å². The third kappa shape index (κ3) is 7.38. The molecule has 2 aromatic rings. The van der Waals surface area contributed by atoms with Gasteiger partial charge in [0, 0.05) is 31.7 Å². The Bertz CT molecular complexity index is 735. The summed E-state index contributed by atoms with van der Waals surface area (Å²) >= 11 is 0. The van der Waals surface area contributed by atoms with Crippen molar-refractivity contribution in [2.75, 3.05) is 19.7 Å². The van der Waals surface area contributed by atoms with E-state index >= 15 is 0 Å². The maximum atomic E-state index is 13.8. The first kappa shape index (κ1) is 22.6. The maximum Gasteiger partial charge on any atom is 0.191 e. The first-order valence-electron chi connectivity index (χ1n) is 9.31. The van der Waals surface area contributed by atoms with Crippen molar-refractivity contribution in [2.45, 2.75) is 38.3 Å². The topological polar surface area (TPSA) is 58.8 Å². The molecule has 1 saturated heterocycles. The molecule has 1 aliphatic rings. The summed E-state index contributed by atoms with van der Waals surface area (Å²) in [6, 6.07) is 7.14. The van der Waals surface area contributed by atoms with Crippen LogP contribution in [-0.4, -0.2) is 31.8 Å². The fraction of sp³-hybridized carbons (Fsp3) is 0.450. The Morgan fingerprint density at radius 3 is 2.82 bits per heavy atom. The molecule has 0 spiro atoms. The Morgan fingerprint density at radius 1 is 1.18 bits per heavy atom. The summed E-state index contributed by atoms with van der Waals surface area (Å²) in [5, 5.41) is 6.45. The SMILES string of the molecule is Fc1ccc(F)c(CN=C(NCCc2ccco2)NCC2CCCCO2)c1.I. The number of nitrogens with zero attached hydrogens (tertiary/aromatic N) is 1. The van der Waals surface area contributed by atoms with Crippen LogP contribution in [0.25, 0.3) is 0 Å². The Kier molecular flexibility index (Phi) is 9.69. The van der Waals surface area contributed by atoms with Crippen molar-refractivity contribution in [3.05, 3.63) is 59.6 Å². The first-order valence-corrected chi connectivity index (χ1v) is 9.31. The van der Waals surface area contributed by atoms with Gasteiger partial charge in [-0.3, -0.25) is 0 Å². The smallest absolute Gasteiger partial charge is 0.191 e. The van der Waals surface area contributed by atoms with Gasteiger partial charge in [-0.1, -0.05) is 0 Å². The number of benzene rings is 1. The Balaban J connectivity index is 0.00000280. The minimum absolute atomic E-state index is 0. The number of nitrogens with one attached hydrogen (secondary N) is 2. The van der Waals surface area contributed by atoms with Gasteiger partial charge in [0.1, 0.15) is 17.4 Å². The van der Waals surface area contributed by atoms with Crippen LogP contribution in [0.1, 0.15) is 30.6 Å². The summed E-state index contributed by atoms with van der Waals surface area (Å²) in [6.07, 6.45) is 5.72. The number of furan rings is 1. The molecule has 1 aromatic carbocycles. The molecular weight excluding hydrogens is 479 g/mol. The van der Waals surface area contributed by atoms with E-state index in [1.54, 1.807) is 6.26 Å². The summed E-state index contributed by atoms with van der Waals surface area (Å²) in [5.74, 6) is 0.469. The van der Waals surface area contributed by atoms with Gasteiger partial charge >= 0.3 is 0 Å². The van der Waals surface area contributed by atoms with E-state index in [0.717, 1.165) is 43.8 Å². The predicted molar refractivity (Wildman–Crippen MR) is 115 cm³/mol. The largest absolute Gasteiger partial charge is 0.469 e. The highest BCUT2D eigenvalue weighted by atomic mass is 127. The van der Waals surface area contributed by atoms with Gasteiger partial charge in [-0.25, -0.2) is 13.8 Å². The van der Waals surface area contributed by atoms with Crippen LogP contribution in [-0.2, 0) is 17.7 Å². The van der Waals surface area contributed by atoms with Crippen LogP contribution in [0, 0.1) is 11.6 Å². The highest BCUT2D eigenvalue weighted by molar-refractivity contribution is 14.0. The Morgan fingerprint density at radius 2 is 2.07 bits per heavy atom. The van der Waals surface area contributed by atoms with Crippen molar-refractivity contribution in [3.63, 3.8) is 0 Å². The summed E-state index contributed by atoms with van der Waals surface area (Å²) < 4.78 is 38.2. The highest BCUT2D eigenvalue weighted by Gasteiger charge is 2.14. The summed E-state index contributed by atoms with van der Waals surface area (Å²) in [4.78, 5) is 4.40. The van der Waals surface area contributed by atoms with E-state index in [1.807, 2.05) is 12.1 Å². The second-order valence-corrected chi connectivity index (χ2v) is 6.53. The fourth-order valence-corrected chi connectivity index (χ4v) is 2.94. The molecule has 0 bridgehead atoms. The Hall–Kier alpha value is -1.68. The van der Waals surface area contributed by atoms with Gasteiger partial charge in [0.2, 0.25) is 0 Å². The van der Waals surface area contributed by atoms with Crippen molar-refractivity contribution < 1.29 is 17.9 Å². The van der Waals surface area contributed by atoms with Gasteiger partial charge in [-0.15, -0.1) is 24.0 Å². The number of rotatable bonds is 7. The molecule has 2 N–H and O–H groups in total. The molecule has 5 nitrogen and oxygen atoms in total. The van der Waals surface area contributed by atoms with Crippen LogP contribution in [0.3, 0.4) is 0 Å². The summed E-state index contributed by atoms with van der Waals surface area (Å²) in [7, 11) is 0. The second kappa shape index (κ2) is 12.0. The van der Waals surface area contributed by atoms with Crippen LogP contribution in [0.15, 0.2) is 46.0 Å². The van der Waals surface area contributed by atoms with Gasteiger partial charge in [0.15, 0.2) is 5.96 Å². The van der Waals surface area contributed by atoms with Crippen molar-refractivity contribution in [1.29, 1.82) is 0 Å². The van der Waals surface area contributed by atoms with Crippen molar-refractivity contribution in [3.8, 4) is 0 Å². The van der Waals surface area contributed by atoms with Crippen molar-refractivity contribution >= 4 is 29.9 Å². The normalized spacial score (nSPS) is 17.1. The van der Waals surface area contributed by atoms with Crippen LogP contribution < -0.4 is 10.6 Å². The standard InChI is InChI=1S/C20H25F2N3O2.HI/c21-16-6-7-19(22)15(12-16)13-24-20(23-9-8-17-5-3-11-26-17)25-14-18-4-1-2-10-27-18;/h3,5-7,11-12,18H,1-2,4,8-10,13-14H2,(H2,23,24,25);1H. The number of hydrogen-bond acceptors (Lipinski definition) is 3. The second-order valence-electron chi connectivity index (χ2n) is 6.53. The minimum atomic E-state index is -0.475. The molecule has 1 aromatic heterocycles. The molecule has 1 aliphatic heterocycles. The van der Waals surface area contributed by atoms with Crippen LogP contribution in [0.2, 0.25) is 0 Å². The maximum absolute atomic E-state index is 13.8. The number of aliphatic imine (C=N–C) groups is 1. The lowest BCUT2D eigenvalue weighted by Crippen LogP contribution is -2.43. The number of hydrogen-bond donors (Lipinski definition) is 2. The zero-order valence-electron chi connectivity index (χ0n) is 15.6. The average Bonchev–Trinajstić information content (AvgIpc) is 3.20. The van der Waals surface area contributed by atoms with Crippen LogP contribution >= 0.6 is 24.0 Å². The van der Waals surface area contributed by atoms with E-state index in [0.29, 0.717) is 25.5 Å². The monoisotopic (exact) mass is 505 g/mol. The van der Waals surface area contributed by atoms with Gasteiger partial charge in [-0.05, 0) is 49.6 Å². The number of halogens is 3. The molecule has 28 heavy (non-hydrogen) atoms. The number of guanidine groups is 1. The molecular formula is C20H26F2IN3O2. The molecule has 8 heteroatoms. The molecule has 154 valence electrons. The molecule has 1 atom stereocenters. The third-order valence-electron chi connectivity index (χ3n) is 4.43. The van der Waals surface area contributed by atoms with E-state index in [4.69, 9.17) is 9.15 Å². The molecule has 0 radical (unpaired) electrons. The molecule has 0 saturated carbocycles. The van der Waals surface area contributed by atoms with Crippen molar-refractivity contribution in [2.24, 2.45) is 4.99 Å². The lowest BCUT2D eigenvalue weighted by atomic mass is 10.1. The molecule has 3 rings (SSSR count). The van der Waals surface area contributed by atoms with Gasteiger partial charge in [0.05, 0.1) is 18.9 Å². The van der Waals surface area contributed by atoms with Crippen LogP contribution in [0.5, 0.6) is 0 Å². The van der Waals surface area contributed by atoms with E-state index in [2.05, 4.69) is 15.6 Å². The average molecular weight is 505 g/mol. The lowest BCUT2D eigenvalue weighted by Gasteiger charge is -2.23. The molecule has 0 amide bonds. The molecule has 1 fully saturated rings. The van der Waals surface area contributed by atoms with Gasteiger partial charge < -0.3 is 19.8 Å². The van der Waals surface area contributed by atoms with E-state index in [9.17, 15) is 8.78 Å². The highest BCUT2D eigenvalue weighted by Crippen LogP contribution is 2.12. The molecule has 1 unspecified atom stereocenters. The zero-order chi connectivity index (χ0) is 18.9. The Labute approximate surface area is 181 Å². The summed E-state index contributed by atoms with van der Waals surface area (Å²) in [5.41, 5.74) is 0.219. The van der Waals surface area contributed by atoms with Gasteiger partial charge in [-0.2, -0.15) is 0 Å². The van der Waals surface area contributed by atoms with Crippen molar-refractivity contribution in [1.82, 2.24) is 10.6 Å². The third-order valence-corrected chi connectivity index (χ3v) is 4.43. The zero-order valence-corrected chi connectivity index (χ0v) is 18.0. The van der Waals surface area contributed by atoms with E-state index in [-0.39, 0.29) is 42.2 Å². The van der Waals surface area contributed by atoms with Gasteiger partial charge in [0.25, 0.3) is 0 Å². The fourth-order valence-electron chi connectivity index (χ4n) is 2.94.